The number of amides is 3. The van der Waals surface area contributed by atoms with Crippen molar-refractivity contribution in [1.82, 2.24) is 9.88 Å². The van der Waals surface area contributed by atoms with Crippen LogP contribution in [0.1, 0.15) is 46.4 Å². The number of hydrogen-bond donors (Lipinski definition) is 1. The van der Waals surface area contributed by atoms with Crippen LogP contribution in [0.4, 0.5) is 16.5 Å². The minimum atomic E-state index is -0.679. The number of hydrogen-bond acceptors (Lipinski definition) is 9. The van der Waals surface area contributed by atoms with Crippen molar-refractivity contribution < 1.29 is 24.2 Å². The Balaban J connectivity index is 1.24. The molecule has 0 bridgehead atoms. The number of benzene rings is 2. The van der Waals surface area contributed by atoms with Gasteiger partial charge < -0.3 is 5.32 Å². The van der Waals surface area contributed by atoms with Crippen LogP contribution in [0, 0.1) is 20.2 Å². The molecule has 0 radical (unpaired) electrons. The van der Waals surface area contributed by atoms with Crippen LogP contribution in [0.5, 0.6) is 0 Å². The van der Waals surface area contributed by atoms with Crippen molar-refractivity contribution in [3.63, 3.8) is 0 Å². The van der Waals surface area contributed by atoms with E-state index in [-0.39, 0.29) is 41.4 Å². The lowest BCUT2D eigenvalue weighted by Gasteiger charge is -2.13. The molecule has 3 aromatic rings. The van der Waals surface area contributed by atoms with Crippen LogP contribution in [-0.2, 0) is 4.79 Å². The van der Waals surface area contributed by atoms with Crippen molar-refractivity contribution in [1.29, 1.82) is 0 Å². The molecular formula is C23H19N5O7S. The first-order valence-electron chi connectivity index (χ1n) is 10.9. The molecular weight excluding hydrogens is 490 g/mol. The van der Waals surface area contributed by atoms with E-state index in [2.05, 4.69) is 10.3 Å². The zero-order valence-corrected chi connectivity index (χ0v) is 19.5. The molecule has 12 nitrogen and oxygen atoms in total. The second-order valence-corrected chi connectivity index (χ2v) is 8.78. The highest BCUT2D eigenvalue weighted by Crippen LogP contribution is 2.31. The fourth-order valence-corrected chi connectivity index (χ4v) is 4.56. The molecule has 1 aliphatic rings. The predicted octanol–water partition coefficient (Wildman–Crippen LogP) is 4.42. The minimum Gasteiger partial charge on any atom is -0.302 e. The molecule has 36 heavy (non-hydrogen) atoms. The highest BCUT2D eigenvalue weighted by molar-refractivity contribution is 7.14. The van der Waals surface area contributed by atoms with Crippen LogP contribution < -0.4 is 5.32 Å². The van der Waals surface area contributed by atoms with Gasteiger partial charge in [-0.25, -0.2) is 4.98 Å². The van der Waals surface area contributed by atoms with Gasteiger partial charge in [0.15, 0.2) is 5.13 Å². The average Bonchev–Trinajstić information content (AvgIpc) is 3.42. The second kappa shape index (κ2) is 10.4. The molecule has 13 heteroatoms. The molecule has 0 aliphatic carbocycles. The standard InChI is InChI=1S/C23H19N5O7S/c29-19(25-23-24-17(13-36-23)14-6-4-7-15(12-14)27(32)33)10-2-1-3-11-26-21(30)16-8-5-9-18(28(34)35)20(16)22(26)31/h4-9,12-13H,1-3,10-11H2,(H,24,25,29). The maximum Gasteiger partial charge on any atom is 0.282 e. The maximum absolute atomic E-state index is 12.6. The number of nitro benzene ring substituents is 2. The zero-order valence-electron chi connectivity index (χ0n) is 18.7. The van der Waals surface area contributed by atoms with Crippen LogP contribution >= 0.6 is 11.3 Å². The van der Waals surface area contributed by atoms with E-state index in [0.717, 1.165) is 4.90 Å². The number of nitrogens with one attached hydrogen (secondary N) is 1. The summed E-state index contributed by atoms with van der Waals surface area (Å²) in [6.07, 6.45) is 1.69. The number of carbonyl (C=O) groups excluding carboxylic acids is 3. The van der Waals surface area contributed by atoms with Crippen molar-refractivity contribution in [2.75, 3.05) is 11.9 Å². The molecule has 3 amide bonds. The number of anilines is 1. The summed E-state index contributed by atoms with van der Waals surface area (Å²) < 4.78 is 0. The third-order valence-corrected chi connectivity index (χ3v) is 6.32. The van der Waals surface area contributed by atoms with E-state index in [1.807, 2.05) is 0 Å². The zero-order chi connectivity index (χ0) is 25.8. The summed E-state index contributed by atoms with van der Waals surface area (Å²) in [5, 5.41) is 26.9. The molecule has 0 unspecified atom stereocenters. The van der Waals surface area contributed by atoms with E-state index in [1.54, 1.807) is 17.5 Å². The number of imide groups is 1. The fourth-order valence-electron chi connectivity index (χ4n) is 3.83. The Morgan fingerprint density at radius 2 is 1.78 bits per heavy atom. The van der Waals surface area contributed by atoms with E-state index < -0.39 is 21.7 Å². The number of aromatic nitrogens is 1. The monoisotopic (exact) mass is 509 g/mol. The first-order valence-corrected chi connectivity index (χ1v) is 11.8. The Hall–Kier alpha value is -4.52. The summed E-state index contributed by atoms with van der Waals surface area (Å²) in [6, 6.07) is 10.0. The van der Waals surface area contributed by atoms with Gasteiger partial charge in [-0.15, -0.1) is 11.3 Å². The minimum absolute atomic E-state index is 0.0292. The normalized spacial score (nSPS) is 12.5. The lowest BCUT2D eigenvalue weighted by molar-refractivity contribution is -0.385. The largest absolute Gasteiger partial charge is 0.302 e. The fraction of sp³-hybridized carbons (Fsp3) is 0.217. The van der Waals surface area contributed by atoms with Gasteiger partial charge >= 0.3 is 0 Å². The van der Waals surface area contributed by atoms with Gasteiger partial charge in [0.25, 0.3) is 23.2 Å². The summed E-state index contributed by atoms with van der Waals surface area (Å²) in [4.78, 5) is 63.6. The molecule has 0 atom stereocenters. The summed E-state index contributed by atoms with van der Waals surface area (Å²) in [7, 11) is 0. The highest BCUT2D eigenvalue weighted by Gasteiger charge is 2.40. The lowest BCUT2D eigenvalue weighted by atomic mass is 10.1. The van der Waals surface area contributed by atoms with Gasteiger partial charge in [0.2, 0.25) is 5.91 Å². The molecule has 2 heterocycles. The third kappa shape index (κ3) is 5.10. The summed E-state index contributed by atoms with van der Waals surface area (Å²) in [5.41, 5.74) is 0.493. The number of unbranched alkanes of at least 4 members (excludes halogenated alkanes) is 2. The van der Waals surface area contributed by atoms with E-state index in [0.29, 0.717) is 35.7 Å². The van der Waals surface area contributed by atoms with Crippen LogP contribution in [-0.4, -0.2) is 44.0 Å². The summed E-state index contributed by atoms with van der Waals surface area (Å²) in [5.74, 6) is -1.49. The SMILES string of the molecule is O=C(CCCCCN1C(=O)c2cccc([N+](=O)[O-])c2C1=O)Nc1nc(-c2cccc([N+](=O)[O-])c2)cs1. The molecule has 0 fully saturated rings. The van der Waals surface area contributed by atoms with E-state index in [9.17, 15) is 34.6 Å². The highest BCUT2D eigenvalue weighted by atomic mass is 32.1. The molecule has 2 aromatic carbocycles. The molecule has 1 aliphatic heterocycles. The van der Waals surface area contributed by atoms with Crippen molar-refractivity contribution >= 4 is 45.6 Å². The maximum atomic E-state index is 12.6. The van der Waals surface area contributed by atoms with Gasteiger partial charge in [0.05, 0.1) is 21.1 Å². The van der Waals surface area contributed by atoms with E-state index >= 15 is 0 Å². The topological polar surface area (TPSA) is 166 Å². The number of rotatable bonds is 10. The molecule has 0 saturated carbocycles. The van der Waals surface area contributed by atoms with Gasteiger partial charge in [0, 0.05) is 42.1 Å². The Morgan fingerprint density at radius 3 is 2.53 bits per heavy atom. The van der Waals surface area contributed by atoms with E-state index in [1.165, 1.54) is 41.7 Å². The van der Waals surface area contributed by atoms with Gasteiger partial charge in [-0.2, -0.15) is 0 Å². The lowest BCUT2D eigenvalue weighted by Crippen LogP contribution is -2.30. The van der Waals surface area contributed by atoms with Crippen molar-refractivity contribution in [2.24, 2.45) is 0 Å². The van der Waals surface area contributed by atoms with Gasteiger partial charge in [-0.1, -0.05) is 24.6 Å². The Morgan fingerprint density at radius 1 is 1.00 bits per heavy atom. The molecule has 184 valence electrons. The Bertz CT molecular complexity index is 1390. The first-order chi connectivity index (χ1) is 17.3. The number of non-ortho nitro benzene ring substituents is 1. The van der Waals surface area contributed by atoms with Crippen LogP contribution in [0.15, 0.2) is 47.8 Å². The molecule has 1 aromatic heterocycles. The molecule has 0 spiro atoms. The van der Waals surface area contributed by atoms with E-state index in [4.69, 9.17) is 0 Å². The van der Waals surface area contributed by atoms with Crippen molar-refractivity contribution in [3.05, 3.63) is 79.2 Å². The number of carbonyl (C=O) groups is 3. The quantitative estimate of drug-likeness (QED) is 0.181. The Labute approximate surface area is 207 Å². The van der Waals surface area contributed by atoms with Crippen molar-refractivity contribution in [2.45, 2.75) is 25.7 Å². The Kier molecular flexibility index (Phi) is 7.10. The second-order valence-electron chi connectivity index (χ2n) is 7.92. The molecule has 4 rings (SSSR count). The summed E-state index contributed by atoms with van der Waals surface area (Å²) >= 11 is 1.20. The van der Waals surface area contributed by atoms with Gasteiger partial charge in [-0.3, -0.25) is 39.5 Å². The van der Waals surface area contributed by atoms with Gasteiger partial charge in [0.1, 0.15) is 5.56 Å². The number of nitro groups is 2. The number of nitrogens with zero attached hydrogens (tertiary/aromatic N) is 4. The third-order valence-electron chi connectivity index (χ3n) is 5.56. The predicted molar refractivity (Wildman–Crippen MR) is 130 cm³/mol. The molecule has 0 saturated heterocycles. The van der Waals surface area contributed by atoms with Crippen molar-refractivity contribution in [3.8, 4) is 11.3 Å². The number of thiazole rings is 1. The smallest absolute Gasteiger partial charge is 0.282 e. The molecule has 1 N–H and O–H groups in total. The first kappa shape index (κ1) is 24.6. The van der Waals surface area contributed by atoms with Crippen LogP contribution in [0.2, 0.25) is 0 Å². The van der Waals surface area contributed by atoms with Crippen LogP contribution in [0.25, 0.3) is 11.3 Å². The van der Waals surface area contributed by atoms with Gasteiger partial charge in [-0.05, 0) is 18.9 Å². The number of fused-ring (bicyclic) bond motifs is 1. The summed E-state index contributed by atoms with van der Waals surface area (Å²) in [6.45, 7) is 0.101. The average molecular weight is 510 g/mol. The van der Waals surface area contributed by atoms with Crippen LogP contribution in [0.3, 0.4) is 0 Å².